The van der Waals surface area contributed by atoms with Crippen LogP contribution in [0.25, 0.3) is 22.4 Å². The van der Waals surface area contributed by atoms with E-state index in [-0.39, 0.29) is 5.02 Å². The van der Waals surface area contributed by atoms with E-state index in [0.29, 0.717) is 13.2 Å². The minimum atomic E-state index is -0.437. The molecule has 0 aliphatic carbocycles. The second-order valence-electron chi connectivity index (χ2n) is 7.87. The van der Waals surface area contributed by atoms with Gasteiger partial charge in [0.2, 0.25) is 0 Å². The van der Waals surface area contributed by atoms with Gasteiger partial charge >= 0.3 is 0 Å². The third-order valence-corrected chi connectivity index (χ3v) is 6.70. The van der Waals surface area contributed by atoms with Gasteiger partial charge in [-0.25, -0.2) is 13.9 Å². The van der Waals surface area contributed by atoms with Crippen molar-refractivity contribution in [3.8, 4) is 0 Å². The molecule has 0 spiro atoms. The summed E-state index contributed by atoms with van der Waals surface area (Å²) in [7, 11) is 0. The topological polar surface area (TPSA) is 62.5 Å². The van der Waals surface area contributed by atoms with Crippen LogP contribution >= 0.6 is 23.3 Å². The summed E-state index contributed by atoms with van der Waals surface area (Å²) >= 11 is 7.35. The largest absolute Gasteiger partial charge is 0.351 e. The molecule has 0 saturated heterocycles. The van der Waals surface area contributed by atoms with Crippen LogP contribution in [0.2, 0.25) is 5.02 Å². The summed E-state index contributed by atoms with van der Waals surface area (Å²) in [5, 5.41) is 4.37. The molecule has 0 radical (unpaired) electrons. The molecule has 0 atom stereocenters. The maximum Gasteiger partial charge on any atom is 0.155 e. The maximum absolute atomic E-state index is 13.9. The highest BCUT2D eigenvalue weighted by Crippen LogP contribution is 2.38. The first-order valence-corrected chi connectivity index (χ1v) is 11.4. The molecule has 1 aliphatic rings. The summed E-state index contributed by atoms with van der Waals surface area (Å²) in [6, 6.07) is 14.9. The van der Waals surface area contributed by atoms with Crippen molar-refractivity contribution in [2.24, 2.45) is 0 Å². The van der Waals surface area contributed by atoms with E-state index in [9.17, 15) is 4.39 Å². The van der Waals surface area contributed by atoms with Gasteiger partial charge in [-0.15, -0.1) is 0 Å². The highest BCUT2D eigenvalue weighted by molar-refractivity contribution is 7.00. The van der Waals surface area contributed by atoms with Crippen LogP contribution in [-0.2, 0) is 6.54 Å². The van der Waals surface area contributed by atoms with E-state index >= 15 is 0 Å². The Bertz CT molecular complexity index is 1540. The Balaban J connectivity index is 1.43. The number of rotatable bonds is 4. The van der Waals surface area contributed by atoms with Crippen molar-refractivity contribution in [2.75, 3.05) is 11.6 Å². The number of halogens is 2. The zero-order valence-corrected chi connectivity index (χ0v) is 19.1. The predicted molar refractivity (Wildman–Crippen MR) is 127 cm³/mol. The van der Waals surface area contributed by atoms with Crippen LogP contribution in [0.3, 0.4) is 0 Å². The number of benzene rings is 2. The number of aromatic nitrogens is 5. The van der Waals surface area contributed by atoms with Gasteiger partial charge in [-0.1, -0.05) is 17.7 Å². The molecule has 0 fully saturated rings. The number of fused-ring (bicyclic) bond motifs is 2. The van der Waals surface area contributed by atoms with Crippen LogP contribution in [-0.4, -0.2) is 34.9 Å². The lowest BCUT2D eigenvalue weighted by Gasteiger charge is -2.25. The van der Waals surface area contributed by atoms with Gasteiger partial charge in [0.15, 0.2) is 5.65 Å². The molecule has 4 heterocycles. The zero-order chi connectivity index (χ0) is 22.5. The van der Waals surface area contributed by atoms with Gasteiger partial charge in [0, 0.05) is 29.7 Å². The van der Waals surface area contributed by atoms with Crippen molar-refractivity contribution < 1.29 is 4.39 Å². The van der Waals surface area contributed by atoms with E-state index in [1.807, 2.05) is 24.4 Å². The maximum atomic E-state index is 13.9. The van der Waals surface area contributed by atoms with Gasteiger partial charge < -0.3 is 9.80 Å². The van der Waals surface area contributed by atoms with Gasteiger partial charge in [0.1, 0.15) is 23.2 Å². The van der Waals surface area contributed by atoms with Crippen LogP contribution in [0, 0.1) is 5.82 Å². The number of anilines is 1. The fraction of sp³-hybridized carbons (Fsp3) is 0.130. The summed E-state index contributed by atoms with van der Waals surface area (Å²) in [5.41, 5.74) is 7.61. The molecule has 2 aromatic carbocycles. The Morgan fingerprint density at radius 2 is 1.94 bits per heavy atom. The van der Waals surface area contributed by atoms with Crippen molar-refractivity contribution in [3.63, 3.8) is 0 Å². The van der Waals surface area contributed by atoms with E-state index < -0.39 is 5.82 Å². The number of allylic oxidation sites excluding steroid dienone is 1. The number of hydrogen-bond acceptors (Lipinski definition) is 7. The molecule has 33 heavy (non-hydrogen) atoms. The first-order chi connectivity index (χ1) is 16.1. The van der Waals surface area contributed by atoms with E-state index in [1.54, 1.807) is 16.6 Å². The number of pyridine rings is 1. The molecular weight excluding hydrogens is 461 g/mol. The normalized spacial score (nSPS) is 14.3. The summed E-state index contributed by atoms with van der Waals surface area (Å²) in [6.45, 7) is 3.38. The third-order valence-electron chi connectivity index (χ3n) is 5.85. The monoisotopic (exact) mass is 477 g/mol. The van der Waals surface area contributed by atoms with Gasteiger partial charge in [-0.2, -0.15) is 13.8 Å². The van der Waals surface area contributed by atoms with Gasteiger partial charge in [0.05, 0.1) is 29.1 Å². The number of hydrogen-bond donors (Lipinski definition) is 0. The standard InChI is InChI=1S/C23H17ClFN7S/c1-14-23(16-3-7-22-26-12-27-32(22)11-16)31(17-4-5-19(25)18(24)9-17)13-30(14)10-15-2-6-20-21(8-15)29-33-28-20/h2-9,11-12H,10,13H2,1H3. The summed E-state index contributed by atoms with van der Waals surface area (Å²) < 4.78 is 24.3. The Hall–Kier alpha value is -3.56. The quantitative estimate of drug-likeness (QED) is 0.355. The van der Waals surface area contributed by atoms with Crippen LogP contribution in [0.15, 0.2) is 66.8 Å². The van der Waals surface area contributed by atoms with Crippen molar-refractivity contribution in [1.29, 1.82) is 0 Å². The lowest BCUT2D eigenvalue weighted by molar-refractivity contribution is 0.370. The summed E-state index contributed by atoms with van der Waals surface area (Å²) in [5.74, 6) is -0.437. The van der Waals surface area contributed by atoms with Crippen molar-refractivity contribution >= 4 is 51.4 Å². The minimum absolute atomic E-state index is 0.0937. The highest BCUT2D eigenvalue weighted by Gasteiger charge is 2.29. The van der Waals surface area contributed by atoms with Crippen molar-refractivity contribution in [3.05, 3.63) is 88.7 Å². The van der Waals surface area contributed by atoms with Gasteiger partial charge in [-0.05, 0) is 55.0 Å². The molecule has 10 heteroatoms. The van der Waals surface area contributed by atoms with E-state index in [2.05, 4.69) is 47.7 Å². The van der Waals surface area contributed by atoms with Gasteiger partial charge in [-0.3, -0.25) is 0 Å². The number of nitrogens with zero attached hydrogens (tertiary/aromatic N) is 7. The Labute approximate surface area is 197 Å². The molecule has 0 bridgehead atoms. The molecule has 0 N–H and O–H groups in total. The second-order valence-corrected chi connectivity index (χ2v) is 8.80. The van der Waals surface area contributed by atoms with Gasteiger partial charge in [0.25, 0.3) is 0 Å². The summed E-state index contributed by atoms with van der Waals surface area (Å²) in [4.78, 5) is 8.66. The average Bonchev–Trinajstić information content (AvgIpc) is 3.54. The Morgan fingerprint density at radius 3 is 2.82 bits per heavy atom. The second kappa shape index (κ2) is 7.79. The molecule has 5 aromatic rings. The van der Waals surface area contributed by atoms with E-state index in [0.717, 1.165) is 44.9 Å². The van der Waals surface area contributed by atoms with Crippen LogP contribution in [0.4, 0.5) is 10.1 Å². The molecule has 0 unspecified atom stereocenters. The predicted octanol–water partition coefficient (Wildman–Crippen LogP) is 5.19. The highest BCUT2D eigenvalue weighted by atomic mass is 35.5. The molecular formula is C23H17ClFN7S. The fourth-order valence-corrected chi connectivity index (χ4v) is 4.89. The SMILES string of the molecule is CC1=C(c2ccc3ncnn3c2)N(c2ccc(F)c(Cl)c2)CN1Cc1ccc2nsnc2c1. The Morgan fingerprint density at radius 1 is 1.06 bits per heavy atom. The van der Waals surface area contributed by atoms with Crippen molar-refractivity contribution in [1.82, 2.24) is 28.2 Å². The molecule has 6 rings (SSSR count). The third kappa shape index (κ3) is 3.49. The van der Waals surface area contributed by atoms with Crippen LogP contribution < -0.4 is 4.90 Å². The average molecular weight is 478 g/mol. The van der Waals surface area contributed by atoms with E-state index in [1.165, 1.54) is 24.1 Å². The minimum Gasteiger partial charge on any atom is -0.351 e. The molecule has 0 saturated carbocycles. The fourth-order valence-electron chi connectivity index (χ4n) is 4.19. The van der Waals surface area contributed by atoms with E-state index in [4.69, 9.17) is 11.6 Å². The molecule has 7 nitrogen and oxygen atoms in total. The zero-order valence-electron chi connectivity index (χ0n) is 17.5. The molecule has 3 aromatic heterocycles. The first-order valence-electron chi connectivity index (χ1n) is 10.3. The first kappa shape index (κ1) is 20.1. The lowest BCUT2D eigenvalue weighted by Crippen LogP contribution is -2.27. The molecule has 0 amide bonds. The van der Waals surface area contributed by atoms with Crippen LogP contribution in [0.1, 0.15) is 18.1 Å². The summed E-state index contributed by atoms with van der Waals surface area (Å²) in [6.07, 6.45) is 3.48. The lowest BCUT2D eigenvalue weighted by atomic mass is 10.1. The molecule has 164 valence electrons. The van der Waals surface area contributed by atoms with Crippen LogP contribution in [0.5, 0.6) is 0 Å². The Kier molecular flexibility index (Phi) is 4.74. The van der Waals surface area contributed by atoms with Crippen molar-refractivity contribution in [2.45, 2.75) is 13.5 Å². The molecule has 1 aliphatic heterocycles. The smallest absolute Gasteiger partial charge is 0.155 e.